The molecule has 0 radical (unpaired) electrons. The van der Waals surface area contributed by atoms with Crippen LogP contribution < -0.4 is 5.32 Å². The number of H-pyrrole nitrogens is 1. The minimum atomic E-state index is -4.23. The monoisotopic (exact) mass is 473 g/mol. The van der Waals surface area contributed by atoms with Crippen LogP contribution in [-0.2, 0) is 13.0 Å². The molecule has 2 N–H and O–H groups in total. The Balaban J connectivity index is 1.25. The van der Waals surface area contributed by atoms with Crippen molar-refractivity contribution in [3.8, 4) is 0 Å². The normalized spacial score (nSPS) is 16.2. The summed E-state index contributed by atoms with van der Waals surface area (Å²) in [6.45, 7) is 7.07. The van der Waals surface area contributed by atoms with Gasteiger partial charge >= 0.3 is 6.18 Å². The summed E-state index contributed by atoms with van der Waals surface area (Å²) in [5, 5.41) is 5.44. The molecule has 33 heavy (non-hydrogen) atoms. The number of aromatic nitrogens is 3. The van der Waals surface area contributed by atoms with Crippen molar-refractivity contribution < 1.29 is 13.2 Å². The Morgan fingerprint density at radius 2 is 1.91 bits per heavy atom. The van der Waals surface area contributed by atoms with Gasteiger partial charge in [-0.05, 0) is 56.0 Å². The first-order chi connectivity index (χ1) is 15.7. The second-order valence-corrected chi connectivity index (χ2v) is 10.0. The Hall–Kier alpha value is -2.65. The first-order valence-corrected chi connectivity index (χ1v) is 11.9. The molecule has 0 spiro atoms. The number of hydrogen-bond acceptors (Lipinski definition) is 5. The van der Waals surface area contributed by atoms with Crippen LogP contribution in [0.15, 0.2) is 30.6 Å². The van der Waals surface area contributed by atoms with Crippen molar-refractivity contribution in [1.29, 1.82) is 0 Å². The second-order valence-electron chi connectivity index (χ2n) is 8.92. The lowest BCUT2D eigenvalue weighted by atomic mass is 10.0. The van der Waals surface area contributed by atoms with Gasteiger partial charge in [0.15, 0.2) is 0 Å². The van der Waals surface area contributed by atoms with E-state index in [0.29, 0.717) is 16.0 Å². The summed E-state index contributed by atoms with van der Waals surface area (Å²) in [4.78, 5) is 15.3. The van der Waals surface area contributed by atoms with E-state index < -0.39 is 12.6 Å². The maximum Gasteiger partial charge on any atom is 0.393 e. The van der Waals surface area contributed by atoms with Crippen LogP contribution in [0.5, 0.6) is 0 Å². The number of anilines is 1. The Morgan fingerprint density at radius 3 is 2.67 bits per heavy atom. The van der Waals surface area contributed by atoms with Crippen LogP contribution in [0.2, 0.25) is 0 Å². The van der Waals surface area contributed by atoms with Gasteiger partial charge in [-0.1, -0.05) is 6.07 Å². The van der Waals surface area contributed by atoms with Crippen LogP contribution in [0.25, 0.3) is 21.1 Å². The lowest BCUT2D eigenvalue weighted by molar-refractivity contribution is -0.126. The molecular weight excluding hydrogens is 447 g/mol. The maximum absolute atomic E-state index is 12.8. The standard InChI is InChI=1S/C24H26F3N5S/c1-14-3-4-21-18(9-15(2)30-21)20(14)12-32-7-5-16(6-8-32)31-22-19-10-17(11-24(25,26)27)33-23(19)29-13-28-22/h3-4,9-10,13,16,30H,5-8,11-12H2,1-2H3,(H,28,29,31). The maximum atomic E-state index is 12.8. The number of aryl methyl sites for hydroxylation is 2. The quantitative estimate of drug-likeness (QED) is 0.375. The summed E-state index contributed by atoms with van der Waals surface area (Å²) in [6, 6.07) is 8.35. The summed E-state index contributed by atoms with van der Waals surface area (Å²) in [5.41, 5.74) is 5.02. The van der Waals surface area contributed by atoms with Gasteiger partial charge in [-0.3, -0.25) is 4.90 Å². The van der Waals surface area contributed by atoms with Crippen molar-refractivity contribution in [3.05, 3.63) is 52.3 Å². The van der Waals surface area contributed by atoms with E-state index in [9.17, 15) is 13.2 Å². The molecule has 1 aliphatic rings. The van der Waals surface area contributed by atoms with Crippen molar-refractivity contribution in [2.75, 3.05) is 18.4 Å². The molecule has 4 heterocycles. The van der Waals surface area contributed by atoms with Crippen molar-refractivity contribution in [2.24, 2.45) is 0 Å². The minimum absolute atomic E-state index is 0.233. The molecule has 5 rings (SSSR count). The molecular formula is C24H26F3N5S. The SMILES string of the molecule is Cc1cc2c(CN3CCC(Nc4ncnc5sc(CC(F)(F)F)cc45)CC3)c(C)ccc2[nH]1. The van der Waals surface area contributed by atoms with Gasteiger partial charge in [0.1, 0.15) is 17.0 Å². The summed E-state index contributed by atoms with van der Waals surface area (Å²) >= 11 is 1.08. The molecule has 5 nitrogen and oxygen atoms in total. The molecule has 0 atom stereocenters. The second kappa shape index (κ2) is 8.61. The number of benzene rings is 1. The number of halogens is 3. The zero-order valence-electron chi connectivity index (χ0n) is 18.6. The lowest BCUT2D eigenvalue weighted by Gasteiger charge is -2.33. The van der Waals surface area contributed by atoms with Crippen molar-refractivity contribution >= 4 is 38.3 Å². The van der Waals surface area contributed by atoms with Gasteiger partial charge in [-0.15, -0.1) is 11.3 Å². The van der Waals surface area contributed by atoms with Gasteiger partial charge in [-0.2, -0.15) is 13.2 Å². The molecule has 3 aromatic heterocycles. The van der Waals surface area contributed by atoms with Crippen LogP contribution in [0.3, 0.4) is 0 Å². The molecule has 0 aliphatic carbocycles. The van der Waals surface area contributed by atoms with Crippen LogP contribution in [0.4, 0.5) is 19.0 Å². The molecule has 1 fully saturated rings. The Kier molecular flexibility index (Phi) is 5.78. The number of nitrogens with one attached hydrogen (secondary N) is 2. The summed E-state index contributed by atoms with van der Waals surface area (Å²) in [5.74, 6) is 0.631. The molecule has 0 saturated carbocycles. The number of thiophene rings is 1. The van der Waals surface area contributed by atoms with Crippen LogP contribution in [0.1, 0.15) is 34.5 Å². The lowest BCUT2D eigenvalue weighted by Crippen LogP contribution is -2.39. The zero-order valence-corrected chi connectivity index (χ0v) is 19.4. The number of rotatable bonds is 5. The van der Waals surface area contributed by atoms with E-state index in [1.807, 2.05) is 0 Å². The third-order valence-corrected chi connectivity index (χ3v) is 7.39. The Morgan fingerprint density at radius 1 is 1.12 bits per heavy atom. The number of nitrogens with zero attached hydrogens (tertiary/aromatic N) is 3. The van der Waals surface area contributed by atoms with Crippen molar-refractivity contribution in [1.82, 2.24) is 19.9 Å². The zero-order chi connectivity index (χ0) is 23.2. The first kappa shape index (κ1) is 22.2. The van der Waals surface area contributed by atoms with E-state index in [4.69, 9.17) is 0 Å². The van der Waals surface area contributed by atoms with E-state index in [0.717, 1.165) is 43.8 Å². The first-order valence-electron chi connectivity index (χ1n) is 11.1. The van der Waals surface area contributed by atoms with Crippen molar-refractivity contribution in [3.63, 3.8) is 0 Å². The number of aromatic amines is 1. The van der Waals surface area contributed by atoms with E-state index in [1.165, 1.54) is 34.1 Å². The number of hydrogen-bond donors (Lipinski definition) is 2. The molecule has 0 amide bonds. The molecule has 0 bridgehead atoms. The average molecular weight is 474 g/mol. The summed E-state index contributed by atoms with van der Waals surface area (Å²) in [7, 11) is 0. The van der Waals surface area contributed by atoms with E-state index >= 15 is 0 Å². The third-order valence-electron chi connectivity index (χ3n) is 6.35. The smallest absolute Gasteiger partial charge is 0.367 e. The molecule has 1 aromatic carbocycles. The highest BCUT2D eigenvalue weighted by Crippen LogP contribution is 2.33. The molecule has 9 heteroatoms. The molecule has 0 unspecified atom stereocenters. The number of likely N-dealkylation sites (tertiary alicyclic amines) is 1. The molecule has 1 aliphatic heterocycles. The molecule has 174 valence electrons. The highest BCUT2D eigenvalue weighted by molar-refractivity contribution is 7.18. The van der Waals surface area contributed by atoms with E-state index in [2.05, 4.69) is 57.2 Å². The van der Waals surface area contributed by atoms with Gasteiger partial charge in [0, 0.05) is 47.2 Å². The highest BCUT2D eigenvalue weighted by atomic mass is 32.1. The predicted octanol–water partition coefficient (Wildman–Crippen LogP) is 5.97. The number of alkyl halides is 3. The minimum Gasteiger partial charge on any atom is -0.367 e. The topological polar surface area (TPSA) is 56.8 Å². The largest absolute Gasteiger partial charge is 0.393 e. The highest BCUT2D eigenvalue weighted by Gasteiger charge is 2.29. The fourth-order valence-corrected chi connectivity index (χ4v) is 5.71. The van der Waals surface area contributed by atoms with Gasteiger partial charge in [0.05, 0.1) is 11.8 Å². The van der Waals surface area contributed by atoms with Gasteiger partial charge in [0.2, 0.25) is 0 Å². The Labute approximate surface area is 194 Å². The summed E-state index contributed by atoms with van der Waals surface area (Å²) in [6.07, 6.45) is -1.83. The molecule has 1 saturated heterocycles. The van der Waals surface area contributed by atoms with Crippen molar-refractivity contribution in [2.45, 2.75) is 51.9 Å². The van der Waals surface area contributed by atoms with Crippen LogP contribution in [-0.4, -0.2) is 45.2 Å². The third kappa shape index (κ3) is 4.84. The fraction of sp³-hybridized carbons (Fsp3) is 0.417. The predicted molar refractivity (Wildman–Crippen MR) is 127 cm³/mol. The van der Waals surface area contributed by atoms with Crippen LogP contribution in [0, 0.1) is 13.8 Å². The van der Waals surface area contributed by atoms with E-state index in [-0.39, 0.29) is 10.9 Å². The van der Waals surface area contributed by atoms with Gasteiger partial charge < -0.3 is 10.3 Å². The van der Waals surface area contributed by atoms with Gasteiger partial charge in [0.25, 0.3) is 0 Å². The average Bonchev–Trinajstić information content (AvgIpc) is 3.33. The number of piperidine rings is 1. The summed E-state index contributed by atoms with van der Waals surface area (Å²) < 4.78 is 38.4. The molecule has 4 aromatic rings. The Bertz CT molecular complexity index is 1280. The van der Waals surface area contributed by atoms with Crippen LogP contribution >= 0.6 is 11.3 Å². The fourth-order valence-electron chi connectivity index (χ4n) is 4.68. The van der Waals surface area contributed by atoms with E-state index in [1.54, 1.807) is 6.07 Å². The van der Waals surface area contributed by atoms with Gasteiger partial charge in [-0.25, -0.2) is 9.97 Å². The number of fused-ring (bicyclic) bond motifs is 2.